The molecule has 0 aromatic heterocycles. The Hall–Kier alpha value is -1.92. The van der Waals surface area contributed by atoms with E-state index in [9.17, 15) is 14.4 Å². The van der Waals surface area contributed by atoms with Crippen LogP contribution in [-0.2, 0) is 9.59 Å². The Labute approximate surface area is 139 Å². The fourth-order valence-corrected chi connectivity index (χ4v) is 3.16. The lowest BCUT2D eigenvalue weighted by Gasteiger charge is -2.37. The van der Waals surface area contributed by atoms with Gasteiger partial charge in [0.05, 0.1) is 12.5 Å². The number of piperazine rings is 1. The Morgan fingerprint density at radius 3 is 2.22 bits per heavy atom. The van der Waals surface area contributed by atoms with E-state index in [1.807, 2.05) is 4.90 Å². The lowest BCUT2D eigenvalue weighted by Crippen LogP contribution is -2.53. The van der Waals surface area contributed by atoms with Crippen molar-refractivity contribution in [1.82, 2.24) is 14.7 Å². The molecule has 1 aromatic rings. The van der Waals surface area contributed by atoms with Crippen LogP contribution in [-0.4, -0.2) is 71.7 Å². The van der Waals surface area contributed by atoms with Gasteiger partial charge in [-0.3, -0.25) is 24.2 Å². The van der Waals surface area contributed by atoms with Gasteiger partial charge in [-0.05, 0) is 24.3 Å². The molecule has 2 fully saturated rings. The maximum Gasteiger partial charge on any atom is 0.253 e. The minimum atomic E-state index is -0.375. The van der Waals surface area contributed by atoms with Crippen molar-refractivity contribution in [2.45, 2.75) is 12.5 Å². The topological polar surface area (TPSA) is 60.9 Å². The predicted molar refractivity (Wildman–Crippen MR) is 85.1 cm³/mol. The highest BCUT2D eigenvalue weighted by Crippen LogP contribution is 2.20. The first-order valence-electron chi connectivity index (χ1n) is 7.56. The molecule has 2 aliphatic heterocycles. The number of carbonyl (C=O) groups is 3. The maximum atomic E-state index is 12.4. The summed E-state index contributed by atoms with van der Waals surface area (Å²) in [5.41, 5.74) is 0.606. The Bertz CT molecular complexity index is 638. The minimum Gasteiger partial charge on any atom is -0.336 e. The van der Waals surface area contributed by atoms with Gasteiger partial charge in [0.1, 0.15) is 0 Å². The van der Waals surface area contributed by atoms with Gasteiger partial charge >= 0.3 is 0 Å². The average molecular weight is 336 g/mol. The van der Waals surface area contributed by atoms with Gasteiger partial charge in [0.15, 0.2) is 0 Å². The van der Waals surface area contributed by atoms with Crippen molar-refractivity contribution < 1.29 is 14.4 Å². The van der Waals surface area contributed by atoms with Crippen LogP contribution in [0.4, 0.5) is 0 Å². The molecule has 1 aromatic carbocycles. The van der Waals surface area contributed by atoms with E-state index in [0.717, 1.165) is 0 Å². The molecule has 2 heterocycles. The van der Waals surface area contributed by atoms with E-state index in [2.05, 4.69) is 0 Å². The standard InChI is InChI=1S/C16H18ClN3O3/c1-18-14(21)10-13(16(18)23)19-6-8-20(9-7-19)15(22)11-2-4-12(17)5-3-11/h2-5,13H,6-10H2,1H3. The van der Waals surface area contributed by atoms with Gasteiger partial charge in [0.2, 0.25) is 11.8 Å². The summed E-state index contributed by atoms with van der Waals surface area (Å²) in [6.07, 6.45) is 0.237. The number of halogens is 1. The van der Waals surface area contributed by atoms with Crippen LogP contribution < -0.4 is 0 Å². The van der Waals surface area contributed by atoms with Crippen LogP contribution in [0.25, 0.3) is 0 Å². The van der Waals surface area contributed by atoms with Crippen LogP contribution in [0, 0.1) is 0 Å². The fourth-order valence-electron chi connectivity index (χ4n) is 3.03. The molecule has 122 valence electrons. The summed E-state index contributed by atoms with van der Waals surface area (Å²) in [7, 11) is 1.52. The SMILES string of the molecule is CN1C(=O)CC(N2CCN(C(=O)c3ccc(Cl)cc3)CC2)C1=O. The zero-order chi connectivity index (χ0) is 16.6. The summed E-state index contributed by atoms with van der Waals surface area (Å²) < 4.78 is 0. The lowest BCUT2D eigenvalue weighted by atomic mass is 10.1. The number of carbonyl (C=O) groups excluding carboxylic acids is 3. The minimum absolute atomic E-state index is 0.0349. The van der Waals surface area contributed by atoms with Gasteiger partial charge in [-0.25, -0.2) is 0 Å². The highest BCUT2D eigenvalue weighted by Gasteiger charge is 2.40. The molecule has 6 nitrogen and oxygen atoms in total. The van der Waals surface area contributed by atoms with Crippen molar-refractivity contribution in [2.24, 2.45) is 0 Å². The van der Waals surface area contributed by atoms with E-state index in [1.165, 1.54) is 11.9 Å². The van der Waals surface area contributed by atoms with Crippen molar-refractivity contribution in [3.05, 3.63) is 34.9 Å². The Morgan fingerprint density at radius 1 is 1.09 bits per heavy atom. The van der Waals surface area contributed by atoms with E-state index < -0.39 is 0 Å². The van der Waals surface area contributed by atoms with Crippen LogP contribution >= 0.6 is 11.6 Å². The van der Waals surface area contributed by atoms with E-state index >= 15 is 0 Å². The normalized spacial score (nSPS) is 22.8. The third-order valence-corrected chi connectivity index (χ3v) is 4.74. The molecule has 1 atom stereocenters. The van der Waals surface area contributed by atoms with Crippen molar-refractivity contribution >= 4 is 29.3 Å². The largest absolute Gasteiger partial charge is 0.336 e. The molecule has 23 heavy (non-hydrogen) atoms. The smallest absolute Gasteiger partial charge is 0.253 e. The molecule has 1 unspecified atom stereocenters. The Kier molecular flexibility index (Phi) is 4.37. The molecule has 0 aliphatic carbocycles. The second-order valence-electron chi connectivity index (χ2n) is 5.85. The van der Waals surface area contributed by atoms with Crippen molar-refractivity contribution in [3.63, 3.8) is 0 Å². The molecular formula is C16H18ClN3O3. The van der Waals surface area contributed by atoms with Crippen LogP contribution in [0.5, 0.6) is 0 Å². The molecule has 2 aliphatic rings. The first-order valence-corrected chi connectivity index (χ1v) is 7.94. The first kappa shape index (κ1) is 16.0. The molecule has 3 amide bonds. The zero-order valence-corrected chi connectivity index (χ0v) is 13.6. The number of rotatable bonds is 2. The number of likely N-dealkylation sites (N-methyl/N-ethyl adjacent to an activating group) is 1. The second kappa shape index (κ2) is 6.29. The van der Waals surface area contributed by atoms with Gasteiger partial charge in [0, 0.05) is 43.8 Å². The van der Waals surface area contributed by atoms with E-state index in [0.29, 0.717) is 36.8 Å². The van der Waals surface area contributed by atoms with Gasteiger partial charge < -0.3 is 4.90 Å². The zero-order valence-electron chi connectivity index (χ0n) is 12.9. The number of hydrogen-bond donors (Lipinski definition) is 0. The molecule has 0 N–H and O–H groups in total. The maximum absolute atomic E-state index is 12.4. The number of benzene rings is 1. The number of nitrogens with zero attached hydrogens (tertiary/aromatic N) is 3. The number of likely N-dealkylation sites (tertiary alicyclic amines) is 1. The summed E-state index contributed by atoms with van der Waals surface area (Å²) in [5.74, 6) is -0.320. The molecule has 0 saturated carbocycles. The third kappa shape index (κ3) is 3.09. The summed E-state index contributed by atoms with van der Waals surface area (Å²) in [4.78, 5) is 41.1. The third-order valence-electron chi connectivity index (χ3n) is 4.49. The van der Waals surface area contributed by atoms with Crippen molar-refractivity contribution in [2.75, 3.05) is 33.2 Å². The van der Waals surface area contributed by atoms with E-state index in [4.69, 9.17) is 11.6 Å². The summed E-state index contributed by atoms with van der Waals surface area (Å²) in [6, 6.07) is 6.45. The summed E-state index contributed by atoms with van der Waals surface area (Å²) in [6.45, 7) is 2.28. The molecule has 3 rings (SSSR count). The van der Waals surface area contributed by atoms with Gasteiger partial charge in [-0.2, -0.15) is 0 Å². The number of amides is 3. The Balaban J connectivity index is 1.60. The average Bonchev–Trinajstić information content (AvgIpc) is 2.83. The lowest BCUT2D eigenvalue weighted by molar-refractivity contribution is -0.138. The van der Waals surface area contributed by atoms with Gasteiger partial charge in [-0.15, -0.1) is 0 Å². The van der Waals surface area contributed by atoms with E-state index in [-0.39, 0.29) is 30.2 Å². The first-order chi connectivity index (χ1) is 11.0. The highest BCUT2D eigenvalue weighted by atomic mass is 35.5. The monoisotopic (exact) mass is 335 g/mol. The molecule has 0 bridgehead atoms. The molecular weight excluding hydrogens is 318 g/mol. The van der Waals surface area contributed by atoms with Crippen molar-refractivity contribution in [3.8, 4) is 0 Å². The van der Waals surface area contributed by atoms with Gasteiger partial charge in [0.25, 0.3) is 5.91 Å². The van der Waals surface area contributed by atoms with Crippen LogP contribution in [0.15, 0.2) is 24.3 Å². The van der Waals surface area contributed by atoms with Crippen LogP contribution in [0.2, 0.25) is 5.02 Å². The number of imide groups is 1. The molecule has 7 heteroatoms. The fraction of sp³-hybridized carbons (Fsp3) is 0.438. The van der Waals surface area contributed by atoms with Crippen LogP contribution in [0.1, 0.15) is 16.8 Å². The predicted octanol–water partition coefficient (Wildman–Crippen LogP) is 0.855. The van der Waals surface area contributed by atoms with Gasteiger partial charge in [-0.1, -0.05) is 11.6 Å². The second-order valence-corrected chi connectivity index (χ2v) is 6.28. The summed E-state index contributed by atoms with van der Waals surface area (Å²) in [5, 5.41) is 0.597. The quantitative estimate of drug-likeness (QED) is 0.752. The van der Waals surface area contributed by atoms with E-state index in [1.54, 1.807) is 29.2 Å². The van der Waals surface area contributed by atoms with Crippen molar-refractivity contribution in [1.29, 1.82) is 0 Å². The Morgan fingerprint density at radius 2 is 1.70 bits per heavy atom. The molecule has 0 spiro atoms. The number of hydrogen-bond acceptors (Lipinski definition) is 4. The molecule has 2 saturated heterocycles. The molecule has 0 radical (unpaired) electrons. The highest BCUT2D eigenvalue weighted by molar-refractivity contribution is 6.30. The van der Waals surface area contributed by atoms with Crippen LogP contribution in [0.3, 0.4) is 0 Å². The summed E-state index contributed by atoms with van der Waals surface area (Å²) >= 11 is 5.84.